The summed E-state index contributed by atoms with van der Waals surface area (Å²) in [7, 11) is 0. The Morgan fingerprint density at radius 1 is 0.767 bits per heavy atom. The summed E-state index contributed by atoms with van der Waals surface area (Å²) in [5.74, 6) is 0. The number of pyridine rings is 1. The summed E-state index contributed by atoms with van der Waals surface area (Å²) < 4.78 is 79.7. The zero-order valence-corrected chi connectivity index (χ0v) is 14.7. The van der Waals surface area contributed by atoms with Gasteiger partial charge < -0.3 is 0 Å². The molecule has 0 amide bonds. The molecule has 30 heavy (non-hydrogen) atoms. The molecule has 1 aromatic carbocycles. The Morgan fingerprint density at radius 2 is 1.40 bits per heavy atom. The summed E-state index contributed by atoms with van der Waals surface area (Å²) in [4.78, 5) is 3.90. The van der Waals surface area contributed by atoms with Crippen LogP contribution in [-0.2, 0) is 12.4 Å². The molecule has 3 aromatic heterocycles. The van der Waals surface area contributed by atoms with Gasteiger partial charge in [-0.2, -0.15) is 31.4 Å². The Bertz CT molecular complexity index is 1160. The van der Waals surface area contributed by atoms with Crippen LogP contribution >= 0.6 is 0 Å². The van der Waals surface area contributed by atoms with Gasteiger partial charge in [-0.1, -0.05) is 5.21 Å². The minimum Gasteiger partial charge on any atom is -0.265 e. The van der Waals surface area contributed by atoms with Crippen molar-refractivity contribution in [3.63, 3.8) is 0 Å². The van der Waals surface area contributed by atoms with Crippen LogP contribution in [0.3, 0.4) is 0 Å². The van der Waals surface area contributed by atoms with E-state index in [2.05, 4.69) is 20.4 Å². The van der Waals surface area contributed by atoms with Crippen LogP contribution in [0.25, 0.3) is 22.6 Å². The molecule has 0 saturated carbocycles. The van der Waals surface area contributed by atoms with Crippen LogP contribution in [0.5, 0.6) is 0 Å². The third-order valence-electron chi connectivity index (χ3n) is 4.12. The molecule has 0 bridgehead atoms. The van der Waals surface area contributed by atoms with Crippen LogP contribution in [0.2, 0.25) is 0 Å². The summed E-state index contributed by atoms with van der Waals surface area (Å²) >= 11 is 0. The highest BCUT2D eigenvalue weighted by Crippen LogP contribution is 2.36. The Labute approximate surface area is 164 Å². The second-order valence-corrected chi connectivity index (χ2v) is 6.12. The van der Waals surface area contributed by atoms with Crippen molar-refractivity contribution in [2.75, 3.05) is 0 Å². The highest BCUT2D eigenvalue weighted by atomic mass is 19.4. The van der Waals surface area contributed by atoms with Gasteiger partial charge in [0.05, 0.1) is 17.6 Å². The number of aromatic nitrogens is 6. The van der Waals surface area contributed by atoms with Crippen molar-refractivity contribution < 1.29 is 26.3 Å². The normalized spacial score (nSPS) is 12.3. The van der Waals surface area contributed by atoms with Crippen molar-refractivity contribution in [1.29, 1.82) is 0 Å². The standard InChI is InChI=1S/C18H10F6N6/c19-17(20,21)15-9-16(18(22,23)24)30(27-15)13-3-1-12(2-4-13)29-10-14(26-28-29)11-5-7-25-8-6-11/h1-10H. The monoisotopic (exact) mass is 424 g/mol. The Morgan fingerprint density at radius 3 is 2.00 bits per heavy atom. The Balaban J connectivity index is 1.68. The first-order valence-electron chi connectivity index (χ1n) is 8.31. The second-order valence-electron chi connectivity index (χ2n) is 6.12. The van der Waals surface area contributed by atoms with Gasteiger partial charge in [-0.3, -0.25) is 4.98 Å². The first-order valence-corrected chi connectivity index (χ1v) is 8.31. The van der Waals surface area contributed by atoms with Crippen LogP contribution in [-0.4, -0.2) is 29.8 Å². The molecule has 0 spiro atoms. The highest BCUT2D eigenvalue weighted by Gasteiger charge is 2.42. The molecule has 0 aliphatic heterocycles. The average Bonchev–Trinajstić information content (AvgIpc) is 3.36. The van der Waals surface area contributed by atoms with Gasteiger partial charge in [0.25, 0.3) is 0 Å². The zero-order chi connectivity index (χ0) is 21.5. The number of halogens is 6. The largest absolute Gasteiger partial charge is 0.435 e. The predicted octanol–water partition coefficient (Wildman–Crippen LogP) is 4.55. The van der Waals surface area contributed by atoms with Crippen LogP contribution in [0.4, 0.5) is 26.3 Å². The number of benzene rings is 1. The minimum absolute atomic E-state index is 0.0215. The number of hydrogen-bond acceptors (Lipinski definition) is 4. The van der Waals surface area contributed by atoms with Gasteiger partial charge in [-0.25, -0.2) is 9.36 Å². The molecule has 0 unspecified atom stereocenters. The maximum atomic E-state index is 13.2. The van der Waals surface area contributed by atoms with Crippen LogP contribution < -0.4 is 0 Å². The van der Waals surface area contributed by atoms with Gasteiger partial charge in [0, 0.05) is 24.0 Å². The second kappa shape index (κ2) is 6.97. The molecule has 0 radical (unpaired) electrons. The Hall–Kier alpha value is -3.70. The lowest BCUT2D eigenvalue weighted by Gasteiger charge is -2.10. The van der Waals surface area contributed by atoms with E-state index in [0.29, 0.717) is 11.4 Å². The van der Waals surface area contributed by atoms with E-state index in [1.807, 2.05) is 0 Å². The van der Waals surface area contributed by atoms with Crippen LogP contribution in [0.1, 0.15) is 11.4 Å². The van der Waals surface area contributed by atoms with Crippen LogP contribution in [0.15, 0.2) is 61.1 Å². The van der Waals surface area contributed by atoms with Gasteiger partial charge in [0.2, 0.25) is 0 Å². The lowest BCUT2D eigenvalue weighted by atomic mass is 10.2. The zero-order valence-electron chi connectivity index (χ0n) is 14.7. The van der Waals surface area contributed by atoms with Crippen molar-refractivity contribution in [2.24, 2.45) is 0 Å². The molecule has 12 heteroatoms. The molecule has 0 fully saturated rings. The summed E-state index contributed by atoms with van der Waals surface area (Å²) in [6.07, 6.45) is -5.25. The molecular weight excluding hydrogens is 414 g/mol. The molecule has 0 N–H and O–H groups in total. The van der Waals surface area contributed by atoms with E-state index < -0.39 is 23.7 Å². The average molecular weight is 424 g/mol. The van der Waals surface area contributed by atoms with Gasteiger partial charge in [-0.05, 0) is 36.4 Å². The van der Waals surface area contributed by atoms with E-state index in [-0.39, 0.29) is 16.4 Å². The molecule has 4 rings (SSSR count). The van der Waals surface area contributed by atoms with Gasteiger partial charge >= 0.3 is 12.4 Å². The number of hydrogen-bond donors (Lipinski definition) is 0. The molecule has 0 saturated heterocycles. The van der Waals surface area contributed by atoms with Crippen molar-refractivity contribution in [1.82, 2.24) is 29.8 Å². The fourth-order valence-corrected chi connectivity index (χ4v) is 2.71. The van der Waals surface area contributed by atoms with E-state index in [1.165, 1.54) is 28.9 Å². The van der Waals surface area contributed by atoms with Gasteiger partial charge in [-0.15, -0.1) is 5.10 Å². The molecule has 0 aliphatic carbocycles. The summed E-state index contributed by atoms with van der Waals surface area (Å²) in [5.41, 5.74) is -1.58. The molecule has 6 nitrogen and oxygen atoms in total. The highest BCUT2D eigenvalue weighted by molar-refractivity contribution is 5.57. The smallest absolute Gasteiger partial charge is 0.265 e. The minimum atomic E-state index is -5.01. The third kappa shape index (κ3) is 3.75. The van der Waals surface area contributed by atoms with Crippen molar-refractivity contribution in [2.45, 2.75) is 12.4 Å². The lowest BCUT2D eigenvalue weighted by Crippen LogP contribution is -2.13. The molecule has 0 atom stereocenters. The van der Waals surface area contributed by atoms with E-state index in [0.717, 1.165) is 5.56 Å². The third-order valence-corrected chi connectivity index (χ3v) is 4.12. The maximum Gasteiger partial charge on any atom is 0.435 e. The quantitative estimate of drug-likeness (QED) is 0.453. The molecule has 0 aliphatic rings. The first-order chi connectivity index (χ1) is 14.1. The van der Waals surface area contributed by atoms with E-state index in [1.54, 1.807) is 30.7 Å². The molecule has 3 heterocycles. The van der Waals surface area contributed by atoms with Gasteiger partial charge in [0.15, 0.2) is 5.69 Å². The van der Waals surface area contributed by atoms with Gasteiger partial charge in [0.1, 0.15) is 11.4 Å². The topological polar surface area (TPSA) is 61.4 Å². The Kier molecular flexibility index (Phi) is 4.56. The maximum absolute atomic E-state index is 13.2. The van der Waals surface area contributed by atoms with E-state index >= 15 is 0 Å². The van der Waals surface area contributed by atoms with Crippen LogP contribution in [0, 0.1) is 0 Å². The predicted molar refractivity (Wildman–Crippen MR) is 91.7 cm³/mol. The summed E-state index contributed by atoms with van der Waals surface area (Å²) in [6.45, 7) is 0. The lowest BCUT2D eigenvalue weighted by molar-refractivity contribution is -0.143. The number of rotatable bonds is 3. The number of alkyl halides is 6. The van der Waals surface area contributed by atoms with E-state index in [4.69, 9.17) is 0 Å². The fourth-order valence-electron chi connectivity index (χ4n) is 2.71. The number of nitrogens with zero attached hydrogens (tertiary/aromatic N) is 6. The first kappa shape index (κ1) is 19.6. The SMILES string of the molecule is FC(F)(F)c1cc(C(F)(F)F)n(-c2ccc(-n3cc(-c4ccncc4)nn3)cc2)n1. The summed E-state index contributed by atoms with van der Waals surface area (Å²) in [5, 5.41) is 11.1. The van der Waals surface area contributed by atoms with E-state index in [9.17, 15) is 26.3 Å². The molecule has 154 valence electrons. The van der Waals surface area contributed by atoms with Crippen molar-refractivity contribution in [3.05, 3.63) is 72.4 Å². The fraction of sp³-hybridized carbons (Fsp3) is 0.111. The van der Waals surface area contributed by atoms with Crippen molar-refractivity contribution in [3.8, 4) is 22.6 Å². The summed E-state index contributed by atoms with van der Waals surface area (Å²) in [6, 6.07) is 8.66. The molecular formula is C18H10F6N6. The molecule has 4 aromatic rings. The van der Waals surface area contributed by atoms with Crippen molar-refractivity contribution >= 4 is 0 Å².